The molecule has 3 aromatic carbocycles. The average molecular weight is 359 g/mol. The van der Waals surface area contributed by atoms with Crippen LogP contribution in [0.3, 0.4) is 0 Å². The van der Waals surface area contributed by atoms with Crippen LogP contribution in [0.25, 0.3) is 0 Å². The fourth-order valence-electron chi connectivity index (χ4n) is 3.55. The predicted molar refractivity (Wildman–Crippen MR) is 114 cm³/mol. The quantitative estimate of drug-likeness (QED) is 0.577. The van der Waals surface area contributed by atoms with E-state index in [9.17, 15) is 0 Å². The fourth-order valence-corrected chi connectivity index (χ4v) is 3.55. The van der Waals surface area contributed by atoms with E-state index in [2.05, 4.69) is 90.7 Å². The first-order valence-corrected chi connectivity index (χ1v) is 9.82. The van der Waals surface area contributed by atoms with Gasteiger partial charge in [-0.3, -0.25) is 4.90 Å². The lowest BCUT2D eigenvalue weighted by atomic mass is 10.1. The number of nitrogens with two attached hydrogens (primary N) is 1. The van der Waals surface area contributed by atoms with Crippen molar-refractivity contribution in [2.45, 2.75) is 39.4 Å². The summed E-state index contributed by atoms with van der Waals surface area (Å²) >= 11 is 0. The largest absolute Gasteiger partial charge is 0.326 e. The molecule has 0 unspecified atom stereocenters. The number of rotatable bonds is 9. The van der Waals surface area contributed by atoms with Crippen LogP contribution in [0, 0.1) is 6.92 Å². The number of benzene rings is 3. The van der Waals surface area contributed by atoms with Gasteiger partial charge in [-0.25, -0.2) is 0 Å². The molecule has 2 N–H and O–H groups in total. The molecular weight excluding hydrogens is 328 g/mol. The Bertz CT molecular complexity index is 826. The molecule has 0 aliphatic rings. The van der Waals surface area contributed by atoms with Crippen LogP contribution in [0.2, 0.25) is 0 Å². The molecule has 0 amide bonds. The van der Waals surface area contributed by atoms with Gasteiger partial charge in [-0.2, -0.15) is 0 Å². The molecule has 0 radical (unpaired) electrons. The van der Waals surface area contributed by atoms with Crippen molar-refractivity contribution in [1.29, 1.82) is 0 Å². The molecule has 0 fully saturated rings. The molecule has 2 nitrogen and oxygen atoms in total. The van der Waals surface area contributed by atoms with E-state index < -0.39 is 0 Å². The maximum Gasteiger partial charge on any atom is 0.0237 e. The van der Waals surface area contributed by atoms with Crippen LogP contribution in [0.15, 0.2) is 78.9 Å². The Morgan fingerprint density at radius 3 is 2.04 bits per heavy atom. The second kappa shape index (κ2) is 10.1. The molecule has 0 heterocycles. The zero-order chi connectivity index (χ0) is 18.9. The average Bonchev–Trinajstić information content (AvgIpc) is 2.69. The summed E-state index contributed by atoms with van der Waals surface area (Å²) < 4.78 is 0. The highest BCUT2D eigenvalue weighted by molar-refractivity contribution is 5.25. The van der Waals surface area contributed by atoms with E-state index in [-0.39, 0.29) is 0 Å². The van der Waals surface area contributed by atoms with Crippen LogP contribution in [-0.2, 0) is 26.1 Å². The van der Waals surface area contributed by atoms with Crippen molar-refractivity contribution < 1.29 is 0 Å². The summed E-state index contributed by atoms with van der Waals surface area (Å²) in [7, 11) is 0. The van der Waals surface area contributed by atoms with Crippen molar-refractivity contribution in [1.82, 2.24) is 4.90 Å². The highest BCUT2D eigenvalue weighted by atomic mass is 15.1. The van der Waals surface area contributed by atoms with Gasteiger partial charge in [-0.1, -0.05) is 84.4 Å². The number of aryl methyl sites for hydroxylation is 2. The summed E-state index contributed by atoms with van der Waals surface area (Å²) in [6, 6.07) is 28.3. The third-order valence-corrected chi connectivity index (χ3v) is 4.90. The minimum absolute atomic E-state index is 0.597. The second-order valence-electron chi connectivity index (χ2n) is 7.31. The van der Waals surface area contributed by atoms with Gasteiger partial charge in [0.05, 0.1) is 0 Å². The Balaban J connectivity index is 1.67. The van der Waals surface area contributed by atoms with Crippen LogP contribution in [-0.4, -0.2) is 11.4 Å². The van der Waals surface area contributed by atoms with Gasteiger partial charge in [0.2, 0.25) is 0 Å². The minimum atomic E-state index is 0.597. The first-order valence-electron chi connectivity index (χ1n) is 9.82. The highest BCUT2D eigenvalue weighted by Crippen LogP contribution is 2.14. The molecule has 140 valence electrons. The zero-order valence-electron chi connectivity index (χ0n) is 16.3. The molecule has 0 aromatic heterocycles. The first kappa shape index (κ1) is 19.3. The van der Waals surface area contributed by atoms with Crippen molar-refractivity contribution in [2.24, 2.45) is 5.73 Å². The Kier molecular flexibility index (Phi) is 7.20. The fraction of sp³-hybridized carbons (Fsp3) is 0.280. The van der Waals surface area contributed by atoms with Crippen LogP contribution in [0.5, 0.6) is 0 Å². The van der Waals surface area contributed by atoms with E-state index in [0.717, 1.165) is 32.5 Å². The van der Waals surface area contributed by atoms with Crippen LogP contribution in [0.1, 0.15) is 34.2 Å². The summed E-state index contributed by atoms with van der Waals surface area (Å²) in [5, 5.41) is 0. The molecule has 0 saturated carbocycles. The van der Waals surface area contributed by atoms with E-state index in [1.165, 1.54) is 27.8 Å². The summed E-state index contributed by atoms with van der Waals surface area (Å²) in [4.78, 5) is 2.55. The number of hydrogen-bond acceptors (Lipinski definition) is 2. The summed E-state index contributed by atoms with van der Waals surface area (Å²) in [5.74, 6) is 0. The van der Waals surface area contributed by atoms with Crippen molar-refractivity contribution in [2.75, 3.05) is 6.54 Å². The third kappa shape index (κ3) is 6.35. The second-order valence-corrected chi connectivity index (χ2v) is 7.31. The van der Waals surface area contributed by atoms with Gasteiger partial charge in [0, 0.05) is 19.6 Å². The van der Waals surface area contributed by atoms with E-state index in [1.54, 1.807) is 0 Å². The van der Waals surface area contributed by atoms with E-state index in [4.69, 9.17) is 5.73 Å². The van der Waals surface area contributed by atoms with Gasteiger partial charge in [0.25, 0.3) is 0 Å². The molecular formula is C25H30N2. The van der Waals surface area contributed by atoms with Gasteiger partial charge in [0.15, 0.2) is 0 Å². The van der Waals surface area contributed by atoms with Gasteiger partial charge in [-0.05, 0) is 48.6 Å². The van der Waals surface area contributed by atoms with Crippen molar-refractivity contribution in [3.63, 3.8) is 0 Å². The lowest BCUT2D eigenvalue weighted by molar-refractivity contribution is 0.253. The maximum atomic E-state index is 5.82. The van der Waals surface area contributed by atoms with Crippen molar-refractivity contribution in [3.8, 4) is 0 Å². The molecule has 3 rings (SSSR count). The zero-order valence-corrected chi connectivity index (χ0v) is 16.3. The molecule has 0 aliphatic heterocycles. The molecule has 3 aromatic rings. The smallest absolute Gasteiger partial charge is 0.0237 e. The summed E-state index contributed by atoms with van der Waals surface area (Å²) in [6.45, 7) is 5.77. The van der Waals surface area contributed by atoms with Gasteiger partial charge >= 0.3 is 0 Å². The predicted octanol–water partition coefficient (Wildman–Crippen LogP) is 5.09. The first-order chi connectivity index (χ1) is 13.2. The van der Waals surface area contributed by atoms with E-state index in [0.29, 0.717) is 6.54 Å². The Hall–Kier alpha value is -2.42. The van der Waals surface area contributed by atoms with Gasteiger partial charge in [0.1, 0.15) is 0 Å². The molecule has 0 spiro atoms. The molecule has 0 atom stereocenters. The third-order valence-electron chi connectivity index (χ3n) is 4.90. The molecule has 0 bridgehead atoms. The van der Waals surface area contributed by atoms with Crippen molar-refractivity contribution in [3.05, 3.63) is 107 Å². The van der Waals surface area contributed by atoms with Gasteiger partial charge < -0.3 is 5.73 Å². The standard InChI is InChI=1S/C25H30N2/c1-21-8-5-12-24(16-21)19-27(15-7-14-22-9-3-2-4-10-22)20-25-13-6-11-23(17-25)18-26/h2-6,8-13,16-17H,7,14-15,18-20,26H2,1H3. The molecule has 27 heavy (non-hydrogen) atoms. The highest BCUT2D eigenvalue weighted by Gasteiger charge is 2.08. The monoisotopic (exact) mass is 358 g/mol. The van der Waals surface area contributed by atoms with Gasteiger partial charge in [-0.15, -0.1) is 0 Å². The molecule has 0 saturated heterocycles. The minimum Gasteiger partial charge on any atom is -0.326 e. The number of nitrogens with zero attached hydrogens (tertiary/aromatic N) is 1. The van der Waals surface area contributed by atoms with Crippen LogP contribution < -0.4 is 5.73 Å². The molecule has 0 aliphatic carbocycles. The summed E-state index contributed by atoms with van der Waals surface area (Å²) in [5.41, 5.74) is 12.5. The Morgan fingerprint density at radius 1 is 0.704 bits per heavy atom. The van der Waals surface area contributed by atoms with E-state index in [1.807, 2.05) is 0 Å². The Morgan fingerprint density at radius 2 is 1.33 bits per heavy atom. The Labute approximate surface area is 163 Å². The lowest BCUT2D eigenvalue weighted by Gasteiger charge is -2.23. The lowest BCUT2D eigenvalue weighted by Crippen LogP contribution is -2.24. The maximum absolute atomic E-state index is 5.82. The number of hydrogen-bond donors (Lipinski definition) is 1. The van der Waals surface area contributed by atoms with Crippen molar-refractivity contribution >= 4 is 0 Å². The SMILES string of the molecule is Cc1cccc(CN(CCCc2ccccc2)Cc2cccc(CN)c2)c1. The van der Waals surface area contributed by atoms with Crippen LogP contribution >= 0.6 is 0 Å². The molecule has 2 heteroatoms. The van der Waals surface area contributed by atoms with E-state index >= 15 is 0 Å². The topological polar surface area (TPSA) is 29.3 Å². The summed E-state index contributed by atoms with van der Waals surface area (Å²) in [6.07, 6.45) is 2.28. The van der Waals surface area contributed by atoms with Crippen LogP contribution in [0.4, 0.5) is 0 Å². The normalized spacial score (nSPS) is 11.1.